The number of hydrogen-bond donors (Lipinski definition) is 2. The topological polar surface area (TPSA) is 98.4 Å². The molecule has 2 heterocycles. The van der Waals surface area contributed by atoms with E-state index in [9.17, 15) is 13.2 Å². The number of amides is 1. The molecule has 8 nitrogen and oxygen atoms in total. The minimum Gasteiger partial charge on any atom is -0.341 e. The van der Waals surface area contributed by atoms with Crippen LogP contribution in [0.4, 0.5) is 5.95 Å². The van der Waals surface area contributed by atoms with Crippen molar-refractivity contribution in [3.05, 3.63) is 53.6 Å². The van der Waals surface area contributed by atoms with Crippen molar-refractivity contribution in [2.75, 3.05) is 38.1 Å². The summed E-state index contributed by atoms with van der Waals surface area (Å²) in [4.78, 5) is 25.2. The first-order valence-electron chi connectivity index (χ1n) is 9.92. The minimum absolute atomic E-state index is 0.0951. The third-order valence-corrected chi connectivity index (χ3v) is 6.89. The van der Waals surface area contributed by atoms with Crippen molar-refractivity contribution in [3.8, 4) is 0 Å². The average Bonchev–Trinajstić information content (AvgIpc) is 3.03. The van der Waals surface area contributed by atoms with Gasteiger partial charge in [-0.2, -0.15) is 0 Å². The number of sulfonamides is 1. The first kappa shape index (κ1) is 20.4. The number of hydrogen-bond acceptors (Lipinski definition) is 5. The van der Waals surface area contributed by atoms with Gasteiger partial charge in [-0.05, 0) is 50.2 Å². The van der Waals surface area contributed by atoms with Gasteiger partial charge < -0.3 is 14.8 Å². The van der Waals surface area contributed by atoms with Gasteiger partial charge in [0.1, 0.15) is 0 Å². The minimum atomic E-state index is -3.61. The van der Waals surface area contributed by atoms with Crippen LogP contribution in [0.5, 0.6) is 0 Å². The summed E-state index contributed by atoms with van der Waals surface area (Å²) in [7, 11) is -2.25. The lowest BCUT2D eigenvalue weighted by atomic mass is 10.1. The van der Waals surface area contributed by atoms with E-state index in [-0.39, 0.29) is 10.8 Å². The van der Waals surface area contributed by atoms with Crippen LogP contribution in [0.3, 0.4) is 0 Å². The Labute approximate surface area is 176 Å². The number of aromatic amines is 1. The number of imidazole rings is 1. The largest absolute Gasteiger partial charge is 0.341 e. The molecule has 1 aromatic heterocycles. The van der Waals surface area contributed by atoms with Crippen molar-refractivity contribution in [1.82, 2.24) is 19.6 Å². The first-order valence-corrected chi connectivity index (χ1v) is 11.4. The number of rotatable bonds is 4. The molecule has 0 spiro atoms. The molecule has 1 saturated heterocycles. The highest BCUT2D eigenvalue weighted by Crippen LogP contribution is 2.21. The van der Waals surface area contributed by atoms with E-state index in [1.54, 1.807) is 11.0 Å². The molecule has 0 saturated carbocycles. The lowest BCUT2D eigenvalue weighted by Crippen LogP contribution is -2.36. The molecule has 1 amide bonds. The number of aryl methyl sites for hydroxylation is 1. The first-order chi connectivity index (χ1) is 14.4. The maximum Gasteiger partial charge on any atom is 0.254 e. The Bertz CT molecular complexity index is 1160. The summed E-state index contributed by atoms with van der Waals surface area (Å²) < 4.78 is 26.6. The summed E-state index contributed by atoms with van der Waals surface area (Å²) in [5.74, 6) is 0.663. The number of anilines is 1. The van der Waals surface area contributed by atoms with E-state index in [0.29, 0.717) is 25.2 Å². The number of H-pyrrole nitrogens is 1. The summed E-state index contributed by atoms with van der Waals surface area (Å²) in [5, 5.41) is 0. The third kappa shape index (κ3) is 3.90. The van der Waals surface area contributed by atoms with Crippen LogP contribution < -0.4 is 9.62 Å². The van der Waals surface area contributed by atoms with E-state index >= 15 is 0 Å². The molecule has 1 aliphatic heterocycles. The lowest BCUT2D eigenvalue weighted by molar-refractivity contribution is 0.0766. The number of aromatic nitrogens is 2. The van der Waals surface area contributed by atoms with Gasteiger partial charge in [0, 0.05) is 31.7 Å². The Balaban J connectivity index is 1.53. The monoisotopic (exact) mass is 427 g/mol. The number of fused-ring (bicyclic) bond motifs is 1. The smallest absolute Gasteiger partial charge is 0.254 e. The molecule has 2 aromatic carbocycles. The van der Waals surface area contributed by atoms with Gasteiger partial charge in [0.2, 0.25) is 16.0 Å². The zero-order valence-corrected chi connectivity index (χ0v) is 17.9. The molecule has 1 aliphatic rings. The Morgan fingerprint density at radius 3 is 2.67 bits per heavy atom. The maximum absolute atomic E-state index is 13.2. The van der Waals surface area contributed by atoms with Gasteiger partial charge in [0.15, 0.2) is 0 Å². The molecule has 3 aromatic rings. The summed E-state index contributed by atoms with van der Waals surface area (Å²) in [6.07, 6.45) is 0.802. The van der Waals surface area contributed by atoms with Crippen LogP contribution in [-0.2, 0) is 10.0 Å². The van der Waals surface area contributed by atoms with E-state index in [4.69, 9.17) is 0 Å². The molecule has 0 unspecified atom stereocenters. The van der Waals surface area contributed by atoms with Gasteiger partial charge in [-0.15, -0.1) is 0 Å². The summed E-state index contributed by atoms with van der Waals surface area (Å²) in [6, 6.07) is 12.6. The molecule has 30 heavy (non-hydrogen) atoms. The van der Waals surface area contributed by atoms with E-state index in [2.05, 4.69) is 19.6 Å². The number of para-hydroxylation sites is 2. The van der Waals surface area contributed by atoms with E-state index in [1.165, 1.54) is 19.2 Å². The van der Waals surface area contributed by atoms with Crippen LogP contribution in [0.25, 0.3) is 11.0 Å². The fraction of sp³-hybridized carbons (Fsp3) is 0.333. The van der Waals surface area contributed by atoms with Crippen molar-refractivity contribution < 1.29 is 13.2 Å². The van der Waals surface area contributed by atoms with Gasteiger partial charge in [0.05, 0.1) is 15.9 Å². The molecule has 0 radical (unpaired) electrons. The second-order valence-electron chi connectivity index (χ2n) is 7.39. The molecule has 1 fully saturated rings. The molecule has 0 atom stereocenters. The van der Waals surface area contributed by atoms with Crippen molar-refractivity contribution in [2.45, 2.75) is 18.2 Å². The van der Waals surface area contributed by atoms with Crippen LogP contribution >= 0.6 is 0 Å². The predicted molar refractivity (Wildman–Crippen MR) is 116 cm³/mol. The molecule has 4 rings (SSSR count). The van der Waals surface area contributed by atoms with Crippen molar-refractivity contribution >= 4 is 32.9 Å². The predicted octanol–water partition coefficient (Wildman–Crippen LogP) is 2.13. The van der Waals surface area contributed by atoms with E-state index < -0.39 is 10.0 Å². The zero-order chi connectivity index (χ0) is 21.3. The number of nitrogens with one attached hydrogen (secondary N) is 2. The SMILES string of the molecule is CNS(=O)(=O)c1ccc(C)c(C(=O)N2CCCN(c3nc4ccccc4[nH]3)CC2)c1. The Morgan fingerprint density at radius 2 is 1.90 bits per heavy atom. The summed E-state index contributed by atoms with van der Waals surface area (Å²) in [6.45, 7) is 4.41. The average molecular weight is 428 g/mol. The second-order valence-corrected chi connectivity index (χ2v) is 9.28. The second kappa shape index (κ2) is 8.08. The molecule has 0 bridgehead atoms. The van der Waals surface area contributed by atoms with Crippen molar-refractivity contribution in [2.24, 2.45) is 0 Å². The fourth-order valence-electron chi connectivity index (χ4n) is 3.71. The fourth-order valence-corrected chi connectivity index (χ4v) is 4.46. The van der Waals surface area contributed by atoms with Gasteiger partial charge in [-0.3, -0.25) is 4.79 Å². The molecule has 0 aliphatic carbocycles. The van der Waals surface area contributed by atoms with Crippen LogP contribution in [0.15, 0.2) is 47.4 Å². The highest BCUT2D eigenvalue weighted by molar-refractivity contribution is 7.89. The molecular formula is C21H25N5O3S. The van der Waals surface area contributed by atoms with Crippen LogP contribution in [0, 0.1) is 6.92 Å². The molecule has 2 N–H and O–H groups in total. The zero-order valence-electron chi connectivity index (χ0n) is 17.1. The highest BCUT2D eigenvalue weighted by atomic mass is 32.2. The molecule has 9 heteroatoms. The Morgan fingerprint density at radius 1 is 1.10 bits per heavy atom. The molecular weight excluding hydrogens is 402 g/mol. The van der Waals surface area contributed by atoms with E-state index in [0.717, 1.165) is 35.5 Å². The number of benzene rings is 2. The maximum atomic E-state index is 13.2. The van der Waals surface area contributed by atoms with E-state index in [1.807, 2.05) is 31.2 Å². The van der Waals surface area contributed by atoms with Gasteiger partial charge in [0.25, 0.3) is 5.91 Å². The van der Waals surface area contributed by atoms with Crippen molar-refractivity contribution in [1.29, 1.82) is 0 Å². The highest BCUT2D eigenvalue weighted by Gasteiger charge is 2.24. The Kier molecular flexibility index (Phi) is 5.48. The Hall–Kier alpha value is -2.91. The van der Waals surface area contributed by atoms with Crippen LogP contribution in [-0.4, -0.2) is 62.4 Å². The number of carbonyl (C=O) groups is 1. The molecule has 158 valence electrons. The third-order valence-electron chi connectivity index (χ3n) is 5.48. The standard InChI is InChI=1S/C21H25N5O3S/c1-15-8-9-16(30(28,29)22-2)14-17(15)20(27)25-10-5-11-26(13-12-25)21-23-18-6-3-4-7-19(18)24-21/h3-4,6-9,14,22H,5,10-13H2,1-2H3,(H,23,24). The number of nitrogens with zero attached hydrogens (tertiary/aromatic N) is 3. The number of carbonyl (C=O) groups excluding carboxylic acids is 1. The summed E-state index contributed by atoms with van der Waals surface area (Å²) >= 11 is 0. The lowest BCUT2D eigenvalue weighted by Gasteiger charge is -2.22. The van der Waals surface area contributed by atoms with Gasteiger partial charge >= 0.3 is 0 Å². The van der Waals surface area contributed by atoms with Crippen LogP contribution in [0.2, 0.25) is 0 Å². The normalized spacial score (nSPS) is 15.4. The van der Waals surface area contributed by atoms with Gasteiger partial charge in [-0.1, -0.05) is 18.2 Å². The summed E-state index contributed by atoms with van der Waals surface area (Å²) in [5.41, 5.74) is 3.09. The van der Waals surface area contributed by atoms with Crippen molar-refractivity contribution in [3.63, 3.8) is 0 Å². The van der Waals surface area contributed by atoms with Gasteiger partial charge in [-0.25, -0.2) is 18.1 Å². The van der Waals surface area contributed by atoms with Crippen LogP contribution in [0.1, 0.15) is 22.3 Å². The quantitative estimate of drug-likeness (QED) is 0.665.